The molecule has 0 atom stereocenters. The van der Waals surface area contributed by atoms with Gasteiger partial charge in [0.05, 0.1) is 0 Å². The predicted molar refractivity (Wildman–Crippen MR) is 61.7 cm³/mol. The number of aromatic nitrogens is 2. The third kappa shape index (κ3) is 2.97. The van der Waals surface area contributed by atoms with Gasteiger partial charge < -0.3 is 4.98 Å². The van der Waals surface area contributed by atoms with Gasteiger partial charge in [0, 0.05) is 10.0 Å². The van der Waals surface area contributed by atoms with Crippen LogP contribution < -0.4 is 0 Å². The van der Waals surface area contributed by atoms with Crippen molar-refractivity contribution in [2.45, 2.75) is 12.4 Å². The number of imidazole rings is 1. The minimum atomic E-state index is -5.19. The Kier molecular flexibility index (Phi) is 3.57. The molecule has 2 aromatic rings. The number of nitrogens with one attached hydrogen (secondary N) is 1. The second-order valence-corrected chi connectivity index (χ2v) is 4.73. The third-order valence-electron chi connectivity index (χ3n) is 2.37. The number of H-pyrrole nitrogens is 1. The van der Waals surface area contributed by atoms with Gasteiger partial charge in [0.2, 0.25) is 0 Å². The highest BCUT2D eigenvalue weighted by molar-refractivity contribution is 9.10. The number of nitrogens with zero attached hydrogens (tertiary/aromatic N) is 1. The monoisotopic (exact) mass is 358 g/mol. The number of rotatable bonds is 1. The van der Waals surface area contributed by atoms with E-state index in [1.165, 1.54) is 24.3 Å². The molecule has 0 aliphatic rings. The topological polar surface area (TPSA) is 28.7 Å². The molecule has 1 aromatic carbocycles. The van der Waals surface area contributed by atoms with E-state index in [2.05, 4.69) is 20.9 Å². The first-order valence-electron chi connectivity index (χ1n) is 5.09. The van der Waals surface area contributed by atoms with Crippen molar-refractivity contribution in [1.82, 2.24) is 9.97 Å². The fourth-order valence-electron chi connectivity index (χ4n) is 1.53. The van der Waals surface area contributed by atoms with Crippen molar-refractivity contribution in [3.8, 4) is 11.4 Å². The van der Waals surface area contributed by atoms with Crippen molar-refractivity contribution in [1.29, 1.82) is 0 Å². The molecule has 0 aliphatic carbocycles. The van der Waals surface area contributed by atoms with Gasteiger partial charge in [-0.05, 0) is 12.1 Å². The van der Waals surface area contributed by atoms with Gasteiger partial charge in [0.1, 0.15) is 5.82 Å². The van der Waals surface area contributed by atoms with Crippen LogP contribution >= 0.6 is 15.9 Å². The van der Waals surface area contributed by atoms with Crippen molar-refractivity contribution in [2.24, 2.45) is 0 Å². The van der Waals surface area contributed by atoms with Crippen molar-refractivity contribution in [3.63, 3.8) is 0 Å². The quantitative estimate of drug-likeness (QED) is 0.723. The maximum atomic E-state index is 12.6. The lowest BCUT2D eigenvalue weighted by molar-refractivity contribution is -0.165. The Labute approximate surface area is 117 Å². The van der Waals surface area contributed by atoms with Crippen LogP contribution in [0.5, 0.6) is 0 Å². The van der Waals surface area contributed by atoms with Gasteiger partial charge >= 0.3 is 12.4 Å². The van der Waals surface area contributed by atoms with E-state index < -0.39 is 29.6 Å². The summed E-state index contributed by atoms with van der Waals surface area (Å²) in [5, 5.41) is 0. The summed E-state index contributed by atoms with van der Waals surface area (Å²) in [6.45, 7) is 0. The van der Waals surface area contributed by atoms with Crippen LogP contribution in [-0.4, -0.2) is 9.97 Å². The van der Waals surface area contributed by atoms with Crippen LogP contribution in [0.25, 0.3) is 11.4 Å². The second-order valence-electron chi connectivity index (χ2n) is 3.81. The third-order valence-corrected chi connectivity index (χ3v) is 2.90. The summed E-state index contributed by atoms with van der Waals surface area (Å²) in [5.74, 6) is -0.489. The zero-order chi connectivity index (χ0) is 15.1. The van der Waals surface area contributed by atoms with Gasteiger partial charge in [-0.3, -0.25) is 0 Å². The van der Waals surface area contributed by atoms with Gasteiger partial charge in [-0.2, -0.15) is 26.3 Å². The molecule has 2 nitrogen and oxygen atoms in total. The number of benzene rings is 1. The molecule has 0 saturated carbocycles. The number of hydrogen-bond acceptors (Lipinski definition) is 1. The molecule has 2 rings (SSSR count). The highest BCUT2D eigenvalue weighted by atomic mass is 79.9. The molecule has 108 valence electrons. The summed E-state index contributed by atoms with van der Waals surface area (Å²) in [5.41, 5.74) is -3.75. The van der Waals surface area contributed by atoms with E-state index >= 15 is 0 Å². The van der Waals surface area contributed by atoms with E-state index in [0.717, 1.165) is 0 Å². The zero-order valence-electron chi connectivity index (χ0n) is 9.40. The average molecular weight is 359 g/mol. The first-order chi connectivity index (χ1) is 9.09. The number of aromatic amines is 1. The molecule has 9 heteroatoms. The largest absolute Gasteiger partial charge is 0.435 e. The molecule has 1 aromatic heterocycles. The van der Waals surface area contributed by atoms with Crippen LogP contribution in [0.15, 0.2) is 28.7 Å². The Morgan fingerprint density at radius 3 is 1.85 bits per heavy atom. The lowest BCUT2D eigenvalue weighted by Crippen LogP contribution is -2.16. The van der Waals surface area contributed by atoms with E-state index in [0.29, 0.717) is 4.47 Å². The normalized spacial score (nSPS) is 12.8. The molecule has 1 heterocycles. The first-order valence-corrected chi connectivity index (χ1v) is 5.88. The smallest absolute Gasteiger partial charge is 0.334 e. The lowest BCUT2D eigenvalue weighted by Gasteiger charge is -2.08. The van der Waals surface area contributed by atoms with Crippen LogP contribution in [0.3, 0.4) is 0 Å². The molecule has 0 fully saturated rings. The highest BCUT2D eigenvalue weighted by Gasteiger charge is 2.46. The molecule has 0 bridgehead atoms. The first kappa shape index (κ1) is 14.9. The fraction of sp³-hybridized carbons (Fsp3) is 0.182. The van der Waals surface area contributed by atoms with Gasteiger partial charge in [-0.25, -0.2) is 4.98 Å². The van der Waals surface area contributed by atoms with Crippen molar-refractivity contribution in [3.05, 3.63) is 40.1 Å². The van der Waals surface area contributed by atoms with Gasteiger partial charge in [0.15, 0.2) is 11.4 Å². The van der Waals surface area contributed by atoms with Crippen molar-refractivity contribution in [2.75, 3.05) is 0 Å². The summed E-state index contributed by atoms with van der Waals surface area (Å²) in [7, 11) is 0. The minimum Gasteiger partial charge on any atom is -0.334 e. The standard InChI is InChI=1S/C11H5BrF6N2/c12-6-3-1-5(2-4-6)9-19-7(10(13,14)15)8(20-9)11(16,17)18/h1-4H,(H,19,20). The Hall–Kier alpha value is -1.51. The van der Waals surface area contributed by atoms with Crippen LogP contribution in [0.2, 0.25) is 0 Å². The molecular weight excluding hydrogens is 354 g/mol. The van der Waals surface area contributed by atoms with Crippen molar-refractivity contribution < 1.29 is 26.3 Å². The summed E-state index contributed by atoms with van der Waals surface area (Å²) in [4.78, 5) is 4.72. The Morgan fingerprint density at radius 2 is 1.45 bits per heavy atom. The second kappa shape index (κ2) is 4.80. The van der Waals surface area contributed by atoms with E-state index in [1.54, 1.807) is 4.98 Å². The molecule has 0 spiro atoms. The summed E-state index contributed by atoms with van der Waals surface area (Å²) >= 11 is 3.11. The van der Waals surface area contributed by atoms with Crippen LogP contribution in [0.4, 0.5) is 26.3 Å². The number of alkyl halides is 6. The minimum absolute atomic E-state index is 0.120. The predicted octanol–water partition coefficient (Wildman–Crippen LogP) is 4.88. The maximum absolute atomic E-state index is 12.6. The molecule has 0 aliphatic heterocycles. The molecule has 0 saturated heterocycles. The Balaban J connectivity index is 2.57. The van der Waals surface area contributed by atoms with E-state index in [4.69, 9.17) is 0 Å². The van der Waals surface area contributed by atoms with E-state index in [9.17, 15) is 26.3 Å². The summed E-state index contributed by atoms with van der Waals surface area (Å²) in [6, 6.07) is 5.67. The summed E-state index contributed by atoms with van der Waals surface area (Å²) < 4.78 is 76.2. The van der Waals surface area contributed by atoms with E-state index in [1.807, 2.05) is 0 Å². The molecule has 20 heavy (non-hydrogen) atoms. The van der Waals surface area contributed by atoms with Gasteiger partial charge in [-0.1, -0.05) is 28.1 Å². The average Bonchev–Trinajstić information content (AvgIpc) is 2.74. The maximum Gasteiger partial charge on any atom is 0.435 e. The van der Waals surface area contributed by atoms with Crippen LogP contribution in [-0.2, 0) is 12.4 Å². The molecule has 0 unspecified atom stereocenters. The molecule has 1 N–H and O–H groups in total. The number of hydrogen-bond donors (Lipinski definition) is 1. The van der Waals surface area contributed by atoms with Gasteiger partial charge in [0.25, 0.3) is 0 Å². The zero-order valence-corrected chi connectivity index (χ0v) is 11.0. The SMILES string of the molecule is FC(F)(F)c1nc(-c2ccc(Br)cc2)[nH]c1C(F)(F)F. The van der Waals surface area contributed by atoms with Crippen molar-refractivity contribution >= 4 is 15.9 Å². The Bertz CT molecular complexity index is 580. The Morgan fingerprint density at radius 1 is 0.900 bits per heavy atom. The lowest BCUT2D eigenvalue weighted by atomic mass is 10.2. The molecule has 0 amide bonds. The molecule has 0 radical (unpaired) electrons. The van der Waals surface area contributed by atoms with Crippen LogP contribution in [0, 0.1) is 0 Å². The van der Waals surface area contributed by atoms with E-state index in [-0.39, 0.29) is 5.56 Å². The molecular formula is C11H5BrF6N2. The summed E-state index contributed by atoms with van der Waals surface area (Å²) in [6.07, 6.45) is -10.3. The fourth-order valence-corrected chi connectivity index (χ4v) is 1.79. The van der Waals surface area contributed by atoms with Crippen LogP contribution in [0.1, 0.15) is 11.4 Å². The highest BCUT2D eigenvalue weighted by Crippen LogP contribution is 2.40. The number of halogens is 7. The van der Waals surface area contributed by atoms with Gasteiger partial charge in [-0.15, -0.1) is 0 Å².